The molecule has 2 aromatic rings. The van der Waals surface area contributed by atoms with E-state index >= 15 is 0 Å². The lowest BCUT2D eigenvalue weighted by molar-refractivity contribution is -0.139. The van der Waals surface area contributed by atoms with Crippen LogP contribution in [0.25, 0.3) is 0 Å². The zero-order valence-electron chi connectivity index (χ0n) is 17.1. The summed E-state index contributed by atoms with van der Waals surface area (Å²) >= 11 is 0. The second kappa shape index (κ2) is 12.1. The summed E-state index contributed by atoms with van der Waals surface area (Å²) in [5.74, 6) is 0.246. The third-order valence-corrected chi connectivity index (χ3v) is 4.17. The van der Waals surface area contributed by atoms with Crippen LogP contribution in [0.15, 0.2) is 60.7 Å². The van der Waals surface area contributed by atoms with Crippen molar-refractivity contribution in [3.8, 4) is 17.6 Å². The second-order valence-corrected chi connectivity index (χ2v) is 6.73. The van der Waals surface area contributed by atoms with Crippen molar-refractivity contribution >= 4 is 11.9 Å². The van der Waals surface area contributed by atoms with Crippen LogP contribution in [0.2, 0.25) is 0 Å². The zero-order valence-corrected chi connectivity index (χ0v) is 17.1. The van der Waals surface area contributed by atoms with E-state index in [1.54, 1.807) is 55.5 Å². The van der Waals surface area contributed by atoms with E-state index < -0.39 is 5.97 Å². The number of nitrogens with zero attached hydrogens (tertiary/aromatic N) is 1. The van der Waals surface area contributed by atoms with Crippen LogP contribution in [-0.4, -0.2) is 25.2 Å². The first-order valence-corrected chi connectivity index (χ1v) is 9.77. The van der Waals surface area contributed by atoms with Gasteiger partial charge in [0.2, 0.25) is 0 Å². The van der Waals surface area contributed by atoms with Crippen LogP contribution in [0.5, 0.6) is 11.5 Å². The van der Waals surface area contributed by atoms with E-state index in [-0.39, 0.29) is 5.97 Å². The summed E-state index contributed by atoms with van der Waals surface area (Å²) < 4.78 is 16.0. The van der Waals surface area contributed by atoms with Crippen LogP contribution in [0, 0.1) is 11.3 Å². The molecule has 0 atom stereocenters. The Labute approximate surface area is 176 Å². The number of hydrogen-bond acceptors (Lipinski definition) is 6. The Hall–Kier alpha value is -3.59. The van der Waals surface area contributed by atoms with Crippen molar-refractivity contribution in [1.82, 2.24) is 0 Å². The Morgan fingerprint density at radius 2 is 1.50 bits per heavy atom. The molecule has 0 aromatic heterocycles. The van der Waals surface area contributed by atoms with Gasteiger partial charge in [-0.3, -0.25) is 0 Å². The fraction of sp³-hybridized carbons (Fsp3) is 0.292. The molecule has 0 saturated carbocycles. The van der Waals surface area contributed by atoms with Crippen molar-refractivity contribution in [2.75, 3.05) is 13.2 Å². The topological polar surface area (TPSA) is 85.6 Å². The van der Waals surface area contributed by atoms with Gasteiger partial charge in [0.1, 0.15) is 11.5 Å². The van der Waals surface area contributed by atoms with Crippen molar-refractivity contribution in [3.05, 3.63) is 71.8 Å². The highest BCUT2D eigenvalue weighted by atomic mass is 16.5. The molecule has 30 heavy (non-hydrogen) atoms. The molecule has 0 amide bonds. The first-order valence-electron chi connectivity index (χ1n) is 9.77. The standard InChI is InChI=1S/C24H25NO5/c1-18(2)23(26)29-16-6-4-3-5-15-28-21-13-9-20(10-14-21)24(27)30-22-11-7-19(17-25)8-12-22/h7-14H,1,3-6,15-16H2,2H3. The molecule has 0 saturated heterocycles. The highest BCUT2D eigenvalue weighted by Crippen LogP contribution is 2.17. The number of benzene rings is 2. The largest absolute Gasteiger partial charge is 0.494 e. The van der Waals surface area contributed by atoms with Crippen molar-refractivity contribution < 1.29 is 23.8 Å². The third-order valence-electron chi connectivity index (χ3n) is 4.17. The van der Waals surface area contributed by atoms with Crippen LogP contribution < -0.4 is 9.47 Å². The van der Waals surface area contributed by atoms with Gasteiger partial charge in [-0.2, -0.15) is 5.26 Å². The van der Waals surface area contributed by atoms with Crippen LogP contribution in [0.4, 0.5) is 0 Å². The molecule has 0 spiro atoms. The molecule has 0 N–H and O–H groups in total. The number of ether oxygens (including phenoxy) is 3. The van der Waals surface area contributed by atoms with Gasteiger partial charge in [-0.05, 0) is 81.1 Å². The van der Waals surface area contributed by atoms with Gasteiger partial charge in [0.15, 0.2) is 0 Å². The number of hydrogen-bond donors (Lipinski definition) is 0. The molecule has 0 heterocycles. The fourth-order valence-electron chi connectivity index (χ4n) is 2.49. The van der Waals surface area contributed by atoms with Crippen molar-refractivity contribution in [2.45, 2.75) is 32.6 Å². The summed E-state index contributed by atoms with van der Waals surface area (Å²) in [6.07, 6.45) is 3.62. The summed E-state index contributed by atoms with van der Waals surface area (Å²) in [6, 6.07) is 15.1. The molecular formula is C24H25NO5. The maximum absolute atomic E-state index is 12.2. The van der Waals surface area contributed by atoms with Crippen LogP contribution in [-0.2, 0) is 9.53 Å². The minimum Gasteiger partial charge on any atom is -0.494 e. The molecule has 2 rings (SSSR count). The molecule has 6 nitrogen and oxygen atoms in total. The lowest BCUT2D eigenvalue weighted by atomic mass is 10.2. The number of nitriles is 1. The fourth-order valence-corrected chi connectivity index (χ4v) is 2.49. The summed E-state index contributed by atoms with van der Waals surface area (Å²) in [5, 5.41) is 8.79. The van der Waals surface area contributed by atoms with Gasteiger partial charge in [0.05, 0.1) is 30.4 Å². The van der Waals surface area contributed by atoms with Crippen LogP contribution in [0.3, 0.4) is 0 Å². The molecular weight excluding hydrogens is 382 g/mol. The SMILES string of the molecule is C=C(C)C(=O)OCCCCCCOc1ccc(C(=O)Oc2ccc(C#N)cc2)cc1. The van der Waals surface area contributed by atoms with Crippen molar-refractivity contribution in [2.24, 2.45) is 0 Å². The van der Waals surface area contributed by atoms with Crippen molar-refractivity contribution in [1.29, 1.82) is 5.26 Å². The monoisotopic (exact) mass is 407 g/mol. The summed E-state index contributed by atoms with van der Waals surface area (Å²) in [6.45, 7) is 6.15. The predicted octanol–water partition coefficient (Wildman–Crippen LogP) is 4.84. The third kappa shape index (κ3) is 7.80. The molecule has 2 aromatic carbocycles. The second-order valence-electron chi connectivity index (χ2n) is 6.73. The highest BCUT2D eigenvalue weighted by Gasteiger charge is 2.09. The van der Waals surface area contributed by atoms with E-state index in [4.69, 9.17) is 19.5 Å². The van der Waals surface area contributed by atoms with Crippen LogP contribution >= 0.6 is 0 Å². The Kier molecular flexibility index (Phi) is 9.14. The van der Waals surface area contributed by atoms with Crippen molar-refractivity contribution in [3.63, 3.8) is 0 Å². The van der Waals surface area contributed by atoms with Crippen LogP contribution in [0.1, 0.15) is 48.5 Å². The highest BCUT2D eigenvalue weighted by molar-refractivity contribution is 5.91. The van der Waals surface area contributed by atoms with Gasteiger partial charge >= 0.3 is 11.9 Å². The maximum Gasteiger partial charge on any atom is 0.343 e. The molecule has 0 aliphatic heterocycles. The Morgan fingerprint density at radius 3 is 2.10 bits per heavy atom. The summed E-state index contributed by atoms with van der Waals surface area (Å²) in [4.78, 5) is 23.4. The average Bonchev–Trinajstić information content (AvgIpc) is 2.76. The van der Waals surface area contributed by atoms with Gasteiger partial charge in [-0.1, -0.05) is 6.58 Å². The normalized spacial score (nSPS) is 10.0. The van der Waals surface area contributed by atoms with Gasteiger partial charge in [0, 0.05) is 5.57 Å². The maximum atomic E-state index is 12.2. The minimum atomic E-state index is -0.474. The Balaban J connectivity index is 1.64. The first-order chi connectivity index (χ1) is 14.5. The van der Waals surface area contributed by atoms with E-state index in [0.29, 0.717) is 41.4 Å². The smallest absolute Gasteiger partial charge is 0.343 e. The number of esters is 2. The Bertz CT molecular complexity index is 895. The molecule has 0 radical (unpaired) electrons. The molecule has 0 unspecified atom stereocenters. The molecule has 0 bridgehead atoms. The van der Waals surface area contributed by atoms with Gasteiger partial charge in [-0.25, -0.2) is 9.59 Å². The van der Waals surface area contributed by atoms with Gasteiger partial charge in [-0.15, -0.1) is 0 Å². The van der Waals surface area contributed by atoms with Gasteiger partial charge < -0.3 is 14.2 Å². The number of carbonyl (C=O) groups is 2. The number of rotatable bonds is 11. The zero-order chi connectivity index (χ0) is 21.8. The van der Waals surface area contributed by atoms with Gasteiger partial charge in [0.25, 0.3) is 0 Å². The number of carbonyl (C=O) groups excluding carboxylic acids is 2. The minimum absolute atomic E-state index is 0.345. The number of unbranched alkanes of at least 4 members (excludes halogenated alkanes) is 3. The van der Waals surface area contributed by atoms with E-state index in [0.717, 1.165) is 25.7 Å². The summed E-state index contributed by atoms with van der Waals surface area (Å²) in [5.41, 5.74) is 1.33. The van der Waals surface area contributed by atoms with E-state index in [2.05, 4.69) is 6.58 Å². The molecule has 6 heteroatoms. The summed E-state index contributed by atoms with van der Waals surface area (Å²) in [7, 11) is 0. The first kappa shape index (κ1) is 22.7. The lowest BCUT2D eigenvalue weighted by Crippen LogP contribution is -2.08. The van der Waals surface area contributed by atoms with E-state index in [9.17, 15) is 9.59 Å². The predicted molar refractivity (Wildman–Crippen MR) is 112 cm³/mol. The molecule has 0 fully saturated rings. The lowest BCUT2D eigenvalue weighted by Gasteiger charge is -2.08. The van der Waals surface area contributed by atoms with E-state index in [1.807, 2.05) is 6.07 Å². The van der Waals surface area contributed by atoms with E-state index in [1.165, 1.54) is 0 Å². The molecule has 156 valence electrons. The quantitative estimate of drug-likeness (QED) is 0.229. The Morgan fingerprint density at radius 1 is 0.900 bits per heavy atom. The molecule has 0 aliphatic carbocycles. The molecule has 0 aliphatic rings. The average molecular weight is 407 g/mol.